The molecule has 1 aromatic heterocycles. The molecule has 0 unspecified atom stereocenters. The summed E-state index contributed by atoms with van der Waals surface area (Å²) >= 11 is 0. The van der Waals surface area contributed by atoms with Gasteiger partial charge in [-0.1, -0.05) is 19.1 Å². The van der Waals surface area contributed by atoms with E-state index in [9.17, 15) is 18.4 Å². The van der Waals surface area contributed by atoms with Crippen LogP contribution in [-0.4, -0.2) is 33.0 Å². The molecule has 3 aromatic rings. The Kier molecular flexibility index (Phi) is 5.64. The maximum atomic E-state index is 14.1. The second-order valence-electron chi connectivity index (χ2n) is 7.64. The van der Waals surface area contributed by atoms with Crippen molar-refractivity contribution in [1.82, 2.24) is 20.5 Å². The van der Waals surface area contributed by atoms with Crippen LogP contribution in [0.2, 0.25) is 0 Å². The van der Waals surface area contributed by atoms with Gasteiger partial charge in [0.25, 0.3) is 5.91 Å². The van der Waals surface area contributed by atoms with E-state index >= 15 is 0 Å². The number of hydrogen-bond acceptors (Lipinski definition) is 5. The largest absolute Gasteiger partial charge is 0.337 e. The van der Waals surface area contributed by atoms with Gasteiger partial charge < -0.3 is 10.6 Å². The van der Waals surface area contributed by atoms with Crippen LogP contribution in [-0.2, 0) is 17.6 Å². The fourth-order valence-corrected chi connectivity index (χ4v) is 3.69. The number of nitriles is 1. The van der Waals surface area contributed by atoms with Gasteiger partial charge in [-0.05, 0) is 41.7 Å². The number of hydrogen-bond donors (Lipinski definition) is 3. The summed E-state index contributed by atoms with van der Waals surface area (Å²) in [5, 5.41) is 20.6. The highest BCUT2D eigenvalue weighted by Gasteiger charge is 2.33. The van der Waals surface area contributed by atoms with Crippen LogP contribution in [0.25, 0.3) is 0 Å². The Morgan fingerprint density at radius 1 is 1.31 bits per heavy atom. The smallest absolute Gasteiger partial charge is 0.291 e. The average molecular weight is 436 g/mol. The van der Waals surface area contributed by atoms with Crippen molar-refractivity contribution >= 4 is 17.5 Å². The zero-order chi connectivity index (χ0) is 22.8. The topological polar surface area (TPSA) is 124 Å². The lowest BCUT2D eigenvalue weighted by Crippen LogP contribution is -2.47. The molecule has 32 heavy (non-hydrogen) atoms. The molecule has 10 heteroatoms. The highest BCUT2D eigenvalue weighted by molar-refractivity contribution is 6.01. The van der Waals surface area contributed by atoms with Crippen molar-refractivity contribution in [3.8, 4) is 6.07 Å². The lowest BCUT2D eigenvalue weighted by atomic mass is 9.94. The van der Waals surface area contributed by atoms with Gasteiger partial charge >= 0.3 is 0 Å². The second kappa shape index (κ2) is 8.55. The van der Waals surface area contributed by atoms with Gasteiger partial charge in [-0.15, -0.1) is 5.10 Å². The van der Waals surface area contributed by atoms with Crippen molar-refractivity contribution in [3.05, 3.63) is 76.4 Å². The van der Waals surface area contributed by atoms with Gasteiger partial charge in [0.05, 0.1) is 17.3 Å². The number of aromatic amines is 1. The predicted molar refractivity (Wildman–Crippen MR) is 109 cm³/mol. The van der Waals surface area contributed by atoms with Gasteiger partial charge in [-0.25, -0.2) is 13.8 Å². The Morgan fingerprint density at radius 2 is 2.12 bits per heavy atom. The number of fused-ring (bicyclic) bond motifs is 1. The van der Waals surface area contributed by atoms with Gasteiger partial charge in [0.2, 0.25) is 11.7 Å². The fourth-order valence-electron chi connectivity index (χ4n) is 3.69. The molecule has 0 bridgehead atoms. The number of carbonyl (C=O) groups is 2. The Balaban J connectivity index is 1.47. The molecule has 0 spiro atoms. The van der Waals surface area contributed by atoms with Crippen molar-refractivity contribution < 1.29 is 18.4 Å². The summed E-state index contributed by atoms with van der Waals surface area (Å²) in [6, 6.07) is 9.88. The summed E-state index contributed by atoms with van der Waals surface area (Å²) < 4.78 is 27.7. The first-order valence-corrected chi connectivity index (χ1v) is 9.84. The molecule has 2 aromatic carbocycles. The van der Waals surface area contributed by atoms with E-state index in [1.165, 1.54) is 6.07 Å². The van der Waals surface area contributed by atoms with Crippen molar-refractivity contribution in [2.45, 2.75) is 25.8 Å². The van der Waals surface area contributed by atoms with Crippen molar-refractivity contribution in [1.29, 1.82) is 5.26 Å². The number of aromatic nitrogens is 3. The monoisotopic (exact) mass is 436 g/mol. The Labute approximate surface area is 181 Å². The summed E-state index contributed by atoms with van der Waals surface area (Å²) in [6.45, 7) is 1.70. The lowest BCUT2D eigenvalue weighted by Gasteiger charge is -2.20. The number of amides is 2. The van der Waals surface area contributed by atoms with Crippen LogP contribution in [0.1, 0.15) is 40.1 Å². The van der Waals surface area contributed by atoms with Crippen molar-refractivity contribution in [2.24, 2.45) is 5.92 Å². The number of carbonyl (C=O) groups excluding carboxylic acids is 2. The number of anilines is 1. The van der Waals surface area contributed by atoms with Gasteiger partial charge in [-0.3, -0.25) is 14.7 Å². The molecule has 2 heterocycles. The fraction of sp³-hybridized carbons (Fsp3) is 0.227. The van der Waals surface area contributed by atoms with E-state index in [0.717, 1.165) is 5.56 Å². The summed E-state index contributed by atoms with van der Waals surface area (Å²) in [5.41, 5.74) is 1.56. The third kappa shape index (κ3) is 4.32. The van der Waals surface area contributed by atoms with E-state index in [-0.39, 0.29) is 17.9 Å². The molecular weight excluding hydrogens is 418 g/mol. The van der Waals surface area contributed by atoms with Crippen LogP contribution in [0.15, 0.2) is 36.4 Å². The number of H-pyrrole nitrogens is 1. The van der Waals surface area contributed by atoms with E-state index in [1.807, 2.05) is 6.07 Å². The van der Waals surface area contributed by atoms with Gasteiger partial charge in [-0.2, -0.15) is 5.26 Å². The van der Waals surface area contributed by atoms with E-state index in [1.54, 1.807) is 25.1 Å². The number of halogens is 2. The summed E-state index contributed by atoms with van der Waals surface area (Å²) in [6.07, 6.45) is 0.512. The summed E-state index contributed by atoms with van der Waals surface area (Å²) in [5.74, 6) is -3.08. The molecular formula is C22H18F2N6O2. The Morgan fingerprint density at radius 3 is 2.91 bits per heavy atom. The highest BCUT2D eigenvalue weighted by atomic mass is 19.1. The van der Waals surface area contributed by atoms with Crippen LogP contribution in [0, 0.1) is 28.9 Å². The molecule has 1 aliphatic rings. The van der Waals surface area contributed by atoms with Crippen molar-refractivity contribution in [2.75, 3.05) is 5.32 Å². The van der Waals surface area contributed by atoms with E-state index in [2.05, 4.69) is 31.9 Å². The van der Waals surface area contributed by atoms with Gasteiger partial charge in [0.15, 0.2) is 0 Å². The SMILES string of the molecule is C[C@@H]1Cc2cc(F)cc(F)c2NC(=O)[C@@H]1NC(=O)c1n[nH]c(Cc2cccc(C#N)c2)n1. The maximum absolute atomic E-state index is 14.1. The van der Waals surface area contributed by atoms with Crippen LogP contribution >= 0.6 is 0 Å². The first-order valence-electron chi connectivity index (χ1n) is 9.84. The molecule has 0 fully saturated rings. The molecule has 0 radical (unpaired) electrons. The number of rotatable bonds is 4. The van der Waals surface area contributed by atoms with E-state index < -0.39 is 35.4 Å². The first kappa shape index (κ1) is 21.1. The summed E-state index contributed by atoms with van der Waals surface area (Å²) in [7, 11) is 0. The standard InChI is InChI=1S/C22H18F2N6O2/c1-11-5-14-8-15(23)9-16(24)19(14)28-21(31)18(11)27-22(32)20-26-17(29-30-20)7-12-3-2-4-13(6-12)10-25/h2-4,6,8-9,11,18H,5,7H2,1H3,(H,27,32)(H,28,31)(H,26,29,30)/t11-,18-/m1/s1. The molecule has 2 amide bonds. The third-order valence-corrected chi connectivity index (χ3v) is 5.23. The maximum Gasteiger partial charge on any atom is 0.291 e. The van der Waals surface area contributed by atoms with E-state index in [0.29, 0.717) is 29.4 Å². The Hall–Kier alpha value is -4.13. The van der Waals surface area contributed by atoms with E-state index in [4.69, 9.17) is 5.26 Å². The lowest BCUT2D eigenvalue weighted by molar-refractivity contribution is -0.118. The average Bonchev–Trinajstić information content (AvgIpc) is 3.18. The van der Waals surface area contributed by atoms with Crippen molar-refractivity contribution in [3.63, 3.8) is 0 Å². The van der Waals surface area contributed by atoms with Crippen LogP contribution in [0.5, 0.6) is 0 Å². The molecule has 1 aliphatic heterocycles. The second-order valence-corrected chi connectivity index (χ2v) is 7.64. The molecule has 0 saturated carbocycles. The predicted octanol–water partition coefficient (Wildman–Crippen LogP) is 2.47. The Bertz CT molecular complexity index is 1250. The number of nitrogens with one attached hydrogen (secondary N) is 3. The minimum absolute atomic E-state index is 0.0835. The first-order chi connectivity index (χ1) is 15.3. The quantitative estimate of drug-likeness (QED) is 0.580. The van der Waals surface area contributed by atoms with Gasteiger partial charge in [0, 0.05) is 12.5 Å². The molecule has 0 aliphatic carbocycles. The minimum Gasteiger partial charge on any atom is -0.337 e. The van der Waals surface area contributed by atoms with Gasteiger partial charge in [0.1, 0.15) is 23.5 Å². The van der Waals surface area contributed by atoms with Crippen LogP contribution < -0.4 is 10.6 Å². The zero-order valence-electron chi connectivity index (χ0n) is 16.9. The molecule has 8 nitrogen and oxygen atoms in total. The molecule has 3 N–H and O–H groups in total. The normalized spacial score (nSPS) is 17.6. The van der Waals surface area contributed by atoms with Crippen LogP contribution in [0.4, 0.5) is 14.5 Å². The molecule has 4 rings (SSSR count). The van der Waals surface area contributed by atoms with Crippen LogP contribution in [0.3, 0.4) is 0 Å². The zero-order valence-corrected chi connectivity index (χ0v) is 16.9. The minimum atomic E-state index is -0.994. The highest BCUT2D eigenvalue weighted by Crippen LogP contribution is 2.29. The molecule has 0 saturated heterocycles. The molecule has 2 atom stereocenters. The third-order valence-electron chi connectivity index (χ3n) is 5.23. The number of benzene rings is 2. The summed E-state index contributed by atoms with van der Waals surface area (Å²) in [4.78, 5) is 29.5. The molecule has 162 valence electrons. The number of nitrogens with zero attached hydrogens (tertiary/aromatic N) is 3.